The maximum absolute atomic E-state index is 11.5. The van der Waals surface area contributed by atoms with Gasteiger partial charge in [-0.25, -0.2) is 9.67 Å². The SMILES string of the molecule is CCCNC(C)(Cn1nc(C)nc1C)C(N)=O. The Morgan fingerprint density at radius 3 is 2.59 bits per heavy atom. The van der Waals surface area contributed by atoms with Gasteiger partial charge in [0, 0.05) is 0 Å². The molecule has 1 aromatic rings. The molecule has 1 amide bonds. The average Bonchev–Trinajstić information content (AvgIpc) is 2.54. The molecule has 1 atom stereocenters. The van der Waals surface area contributed by atoms with Crippen molar-refractivity contribution >= 4 is 5.91 Å². The van der Waals surface area contributed by atoms with Crippen molar-refractivity contribution in [3.05, 3.63) is 11.6 Å². The minimum atomic E-state index is -0.791. The molecule has 0 aliphatic heterocycles. The summed E-state index contributed by atoms with van der Waals surface area (Å²) in [5.74, 6) is 1.11. The van der Waals surface area contributed by atoms with E-state index in [1.165, 1.54) is 0 Å². The van der Waals surface area contributed by atoms with Crippen LogP contribution in [0.4, 0.5) is 0 Å². The normalized spacial score (nSPS) is 14.6. The minimum absolute atomic E-state index is 0.376. The standard InChI is InChI=1S/C11H21N5O/c1-5-6-13-11(4,10(12)17)7-16-9(3)14-8(2)15-16/h13H,5-7H2,1-4H3,(H2,12,17). The maximum atomic E-state index is 11.5. The highest BCUT2D eigenvalue weighted by Gasteiger charge is 2.31. The topological polar surface area (TPSA) is 85.8 Å². The Hall–Kier alpha value is -1.43. The van der Waals surface area contributed by atoms with E-state index in [0.717, 1.165) is 18.8 Å². The van der Waals surface area contributed by atoms with Gasteiger partial charge in [-0.3, -0.25) is 4.79 Å². The van der Waals surface area contributed by atoms with Gasteiger partial charge in [0.15, 0.2) is 0 Å². The number of hydrogen-bond acceptors (Lipinski definition) is 4. The van der Waals surface area contributed by atoms with Crippen LogP contribution in [0.3, 0.4) is 0 Å². The molecule has 1 unspecified atom stereocenters. The van der Waals surface area contributed by atoms with E-state index < -0.39 is 5.54 Å². The van der Waals surface area contributed by atoms with Gasteiger partial charge in [0.1, 0.15) is 17.2 Å². The van der Waals surface area contributed by atoms with E-state index in [-0.39, 0.29) is 5.91 Å². The van der Waals surface area contributed by atoms with Crippen LogP contribution in [0.2, 0.25) is 0 Å². The van der Waals surface area contributed by atoms with E-state index in [0.29, 0.717) is 12.4 Å². The predicted molar refractivity (Wildman–Crippen MR) is 65.4 cm³/mol. The molecule has 0 spiro atoms. The van der Waals surface area contributed by atoms with Crippen LogP contribution in [0.15, 0.2) is 0 Å². The monoisotopic (exact) mass is 239 g/mol. The first-order chi connectivity index (χ1) is 7.89. The van der Waals surface area contributed by atoms with E-state index in [4.69, 9.17) is 5.73 Å². The summed E-state index contributed by atoms with van der Waals surface area (Å²) in [5.41, 5.74) is 4.66. The van der Waals surface area contributed by atoms with E-state index >= 15 is 0 Å². The van der Waals surface area contributed by atoms with Crippen molar-refractivity contribution < 1.29 is 4.79 Å². The van der Waals surface area contributed by atoms with Crippen molar-refractivity contribution in [3.8, 4) is 0 Å². The van der Waals surface area contributed by atoms with Crippen molar-refractivity contribution in [2.24, 2.45) is 5.73 Å². The molecule has 3 N–H and O–H groups in total. The van der Waals surface area contributed by atoms with Crippen molar-refractivity contribution in [1.82, 2.24) is 20.1 Å². The second kappa shape index (κ2) is 5.27. The molecular weight excluding hydrogens is 218 g/mol. The summed E-state index contributed by atoms with van der Waals surface area (Å²) in [6, 6.07) is 0. The number of nitrogens with zero attached hydrogens (tertiary/aromatic N) is 3. The molecule has 96 valence electrons. The number of nitrogens with one attached hydrogen (secondary N) is 1. The summed E-state index contributed by atoms with van der Waals surface area (Å²) in [6.07, 6.45) is 0.943. The smallest absolute Gasteiger partial charge is 0.239 e. The van der Waals surface area contributed by atoms with Crippen molar-refractivity contribution in [2.75, 3.05) is 6.54 Å². The number of primary amides is 1. The molecule has 6 heteroatoms. The van der Waals surface area contributed by atoms with Gasteiger partial charge in [-0.2, -0.15) is 5.10 Å². The van der Waals surface area contributed by atoms with Gasteiger partial charge in [0.25, 0.3) is 0 Å². The van der Waals surface area contributed by atoms with Crippen LogP contribution >= 0.6 is 0 Å². The van der Waals surface area contributed by atoms with Gasteiger partial charge in [0.05, 0.1) is 6.54 Å². The number of hydrogen-bond donors (Lipinski definition) is 2. The summed E-state index contributed by atoms with van der Waals surface area (Å²) >= 11 is 0. The van der Waals surface area contributed by atoms with Crippen LogP contribution in [-0.4, -0.2) is 32.8 Å². The summed E-state index contributed by atoms with van der Waals surface area (Å²) in [4.78, 5) is 15.8. The van der Waals surface area contributed by atoms with E-state index in [2.05, 4.69) is 15.4 Å². The lowest BCUT2D eigenvalue weighted by Gasteiger charge is -2.27. The Morgan fingerprint density at radius 2 is 2.18 bits per heavy atom. The first-order valence-electron chi connectivity index (χ1n) is 5.82. The number of carbonyl (C=O) groups is 1. The maximum Gasteiger partial charge on any atom is 0.239 e. The molecule has 0 aliphatic rings. The lowest BCUT2D eigenvalue weighted by molar-refractivity contribution is -0.124. The summed E-state index contributed by atoms with van der Waals surface area (Å²) in [7, 11) is 0. The van der Waals surface area contributed by atoms with Crippen LogP contribution in [-0.2, 0) is 11.3 Å². The molecule has 1 aromatic heterocycles. The van der Waals surface area contributed by atoms with Crippen molar-refractivity contribution in [3.63, 3.8) is 0 Å². The molecule has 0 fully saturated rings. The lowest BCUT2D eigenvalue weighted by Crippen LogP contribution is -2.56. The Bertz CT molecular complexity index is 401. The third-order valence-corrected chi connectivity index (χ3v) is 2.74. The van der Waals surface area contributed by atoms with Crippen LogP contribution < -0.4 is 11.1 Å². The molecule has 0 aromatic carbocycles. The summed E-state index contributed by atoms with van der Waals surface area (Å²) < 4.78 is 1.71. The van der Waals surface area contributed by atoms with Crippen LogP contribution in [0.25, 0.3) is 0 Å². The zero-order valence-corrected chi connectivity index (χ0v) is 10.9. The third-order valence-electron chi connectivity index (χ3n) is 2.74. The van der Waals surface area contributed by atoms with Crippen LogP contribution in [0.5, 0.6) is 0 Å². The van der Waals surface area contributed by atoms with Gasteiger partial charge >= 0.3 is 0 Å². The van der Waals surface area contributed by atoms with Gasteiger partial charge in [-0.05, 0) is 33.7 Å². The van der Waals surface area contributed by atoms with E-state index in [9.17, 15) is 4.79 Å². The van der Waals surface area contributed by atoms with Crippen LogP contribution in [0.1, 0.15) is 31.9 Å². The van der Waals surface area contributed by atoms with Crippen molar-refractivity contribution in [2.45, 2.75) is 46.2 Å². The second-order valence-electron chi connectivity index (χ2n) is 4.49. The molecule has 0 saturated heterocycles. The average molecular weight is 239 g/mol. The third kappa shape index (κ3) is 3.26. The first-order valence-corrected chi connectivity index (χ1v) is 5.82. The Labute approximate surface area is 102 Å². The number of amides is 1. The van der Waals surface area contributed by atoms with Crippen molar-refractivity contribution in [1.29, 1.82) is 0 Å². The van der Waals surface area contributed by atoms with E-state index in [1.54, 1.807) is 11.6 Å². The largest absolute Gasteiger partial charge is 0.368 e. The number of rotatable bonds is 6. The number of aromatic nitrogens is 3. The fourth-order valence-electron chi connectivity index (χ4n) is 1.63. The zero-order chi connectivity index (χ0) is 13.1. The number of carbonyl (C=O) groups excluding carboxylic acids is 1. The molecule has 0 bridgehead atoms. The number of aryl methyl sites for hydroxylation is 2. The predicted octanol–water partition coefficient (Wildman–Crippen LogP) is 0.139. The second-order valence-corrected chi connectivity index (χ2v) is 4.49. The molecule has 17 heavy (non-hydrogen) atoms. The Kier molecular flexibility index (Phi) is 4.22. The number of nitrogens with two attached hydrogens (primary N) is 1. The summed E-state index contributed by atoms with van der Waals surface area (Å²) in [5, 5.41) is 7.41. The molecule has 0 aliphatic carbocycles. The molecule has 0 radical (unpaired) electrons. The Balaban J connectivity index is 2.86. The summed E-state index contributed by atoms with van der Waals surface area (Å²) in [6.45, 7) is 8.66. The molecular formula is C11H21N5O. The lowest BCUT2D eigenvalue weighted by atomic mass is 10.0. The fourth-order valence-corrected chi connectivity index (χ4v) is 1.63. The molecule has 0 saturated carbocycles. The van der Waals surface area contributed by atoms with Gasteiger partial charge in [-0.1, -0.05) is 6.92 Å². The fraction of sp³-hybridized carbons (Fsp3) is 0.727. The minimum Gasteiger partial charge on any atom is -0.368 e. The molecule has 1 rings (SSSR count). The molecule has 1 heterocycles. The highest BCUT2D eigenvalue weighted by molar-refractivity contribution is 5.84. The zero-order valence-electron chi connectivity index (χ0n) is 10.9. The van der Waals surface area contributed by atoms with Crippen LogP contribution in [0, 0.1) is 13.8 Å². The highest BCUT2D eigenvalue weighted by Crippen LogP contribution is 2.09. The van der Waals surface area contributed by atoms with Gasteiger partial charge in [0.2, 0.25) is 5.91 Å². The quantitative estimate of drug-likeness (QED) is 0.739. The molecule has 6 nitrogen and oxygen atoms in total. The van der Waals surface area contributed by atoms with Gasteiger partial charge < -0.3 is 11.1 Å². The first kappa shape index (κ1) is 13.6. The van der Waals surface area contributed by atoms with Gasteiger partial charge in [-0.15, -0.1) is 0 Å². The van der Waals surface area contributed by atoms with E-state index in [1.807, 2.05) is 20.8 Å². The highest BCUT2D eigenvalue weighted by atomic mass is 16.1. The Morgan fingerprint density at radius 1 is 1.53 bits per heavy atom.